The number of rotatable bonds is 4. The molecule has 0 aliphatic carbocycles. The van der Waals surface area contributed by atoms with Crippen molar-refractivity contribution in [1.82, 2.24) is 24.8 Å². The first-order valence-corrected chi connectivity index (χ1v) is 12.1. The number of piperidine rings is 1. The average molecular weight is 425 g/mol. The van der Waals surface area contributed by atoms with Crippen molar-refractivity contribution in [3.63, 3.8) is 0 Å². The molecule has 1 N–H and O–H groups in total. The van der Waals surface area contributed by atoms with Crippen LogP contribution in [-0.4, -0.2) is 76.1 Å². The van der Waals surface area contributed by atoms with Gasteiger partial charge in [0.05, 0.1) is 5.69 Å². The van der Waals surface area contributed by atoms with Gasteiger partial charge in [0.25, 0.3) is 0 Å². The Morgan fingerprint density at radius 1 is 0.968 bits per heavy atom. The highest BCUT2D eigenvalue weighted by atomic mass is 15.3. The van der Waals surface area contributed by atoms with Crippen molar-refractivity contribution < 1.29 is 0 Å². The molecule has 4 rings (SSSR count). The first-order chi connectivity index (χ1) is 14.8. The minimum atomic E-state index is 0.0337. The van der Waals surface area contributed by atoms with Crippen LogP contribution in [0.25, 0.3) is 11.5 Å². The van der Waals surface area contributed by atoms with Crippen molar-refractivity contribution in [3.8, 4) is 11.5 Å². The molecule has 0 amide bonds. The molecule has 0 spiro atoms. The molecule has 2 aliphatic rings. The van der Waals surface area contributed by atoms with E-state index in [0.29, 0.717) is 6.04 Å². The van der Waals surface area contributed by atoms with E-state index in [-0.39, 0.29) is 5.41 Å². The summed E-state index contributed by atoms with van der Waals surface area (Å²) in [6.45, 7) is 18.1. The summed E-state index contributed by atoms with van der Waals surface area (Å²) in [4.78, 5) is 20.9. The number of hydrogen-bond acceptors (Lipinski definition) is 5. The summed E-state index contributed by atoms with van der Waals surface area (Å²) >= 11 is 0. The number of hydrogen-bond donors (Lipinski definition) is 1. The number of nitrogens with one attached hydrogen (secondary N) is 1. The van der Waals surface area contributed by atoms with E-state index < -0.39 is 0 Å². The van der Waals surface area contributed by atoms with E-state index in [1.54, 1.807) is 0 Å². The number of pyridine rings is 1. The minimum Gasteiger partial charge on any atom is -0.355 e. The third kappa shape index (κ3) is 5.29. The van der Waals surface area contributed by atoms with Crippen LogP contribution >= 0.6 is 0 Å². The average Bonchev–Trinajstić information content (AvgIpc) is 3.14. The highest BCUT2D eigenvalue weighted by Crippen LogP contribution is 2.25. The molecule has 2 aliphatic heterocycles. The summed E-state index contributed by atoms with van der Waals surface area (Å²) in [5.74, 6) is 1.93. The van der Waals surface area contributed by atoms with E-state index in [1.807, 2.05) is 6.20 Å². The van der Waals surface area contributed by atoms with Gasteiger partial charge in [0, 0.05) is 49.9 Å². The fourth-order valence-corrected chi connectivity index (χ4v) is 4.87. The van der Waals surface area contributed by atoms with Crippen LogP contribution in [0.3, 0.4) is 0 Å². The smallest absolute Gasteiger partial charge is 0.156 e. The summed E-state index contributed by atoms with van der Waals surface area (Å²) in [6.07, 6.45) is 5.82. The Labute approximate surface area is 188 Å². The van der Waals surface area contributed by atoms with Gasteiger partial charge in [0.1, 0.15) is 11.5 Å². The number of imidazole rings is 1. The fraction of sp³-hybridized carbons (Fsp3) is 0.680. The van der Waals surface area contributed by atoms with Crippen LogP contribution in [0.2, 0.25) is 0 Å². The van der Waals surface area contributed by atoms with Crippen molar-refractivity contribution in [3.05, 3.63) is 30.1 Å². The molecule has 170 valence electrons. The summed E-state index contributed by atoms with van der Waals surface area (Å²) in [5, 5.41) is 0. The van der Waals surface area contributed by atoms with E-state index in [9.17, 15) is 0 Å². The quantitative estimate of drug-likeness (QED) is 0.799. The van der Waals surface area contributed by atoms with Crippen LogP contribution in [0.15, 0.2) is 24.4 Å². The number of aromatic amines is 1. The molecule has 0 aromatic carbocycles. The molecule has 6 heteroatoms. The van der Waals surface area contributed by atoms with Crippen molar-refractivity contribution in [2.24, 2.45) is 0 Å². The Bertz CT molecular complexity index is 844. The van der Waals surface area contributed by atoms with Crippen molar-refractivity contribution in [2.45, 2.75) is 71.4 Å². The molecule has 6 nitrogen and oxygen atoms in total. The van der Waals surface area contributed by atoms with Gasteiger partial charge in [-0.3, -0.25) is 4.90 Å². The van der Waals surface area contributed by atoms with Gasteiger partial charge in [-0.05, 0) is 58.3 Å². The van der Waals surface area contributed by atoms with E-state index in [0.717, 1.165) is 48.7 Å². The fourth-order valence-electron chi connectivity index (χ4n) is 4.87. The molecular formula is C25H40N6. The van der Waals surface area contributed by atoms with Crippen LogP contribution in [-0.2, 0) is 5.41 Å². The van der Waals surface area contributed by atoms with E-state index in [1.165, 1.54) is 38.9 Å². The minimum absolute atomic E-state index is 0.0337. The SMILES string of the molecule is CC(C)N1CCC(N2CCCN(c3cccc(-c4nc(C(C)(C)C)c[nH]4)n3)CC2)CC1. The van der Waals surface area contributed by atoms with Crippen molar-refractivity contribution in [2.75, 3.05) is 44.2 Å². The standard InChI is InChI=1S/C25H40N6/c1-19(2)29-14-10-20(11-15-29)30-12-7-13-31(17-16-30)23-9-6-8-21(27-23)24-26-18-22(28-24)25(3,4)5/h6,8-9,18-20H,7,10-17H2,1-5H3,(H,26,28). The maximum Gasteiger partial charge on any atom is 0.156 e. The normalized spacial score (nSPS) is 20.4. The highest BCUT2D eigenvalue weighted by Gasteiger charge is 2.27. The second-order valence-corrected chi connectivity index (χ2v) is 10.5. The molecule has 4 heterocycles. The predicted octanol–water partition coefficient (Wildman–Crippen LogP) is 4.15. The zero-order chi connectivity index (χ0) is 22.0. The van der Waals surface area contributed by atoms with Crippen LogP contribution in [0.4, 0.5) is 5.82 Å². The van der Waals surface area contributed by atoms with Gasteiger partial charge in [0.15, 0.2) is 5.82 Å². The van der Waals surface area contributed by atoms with Gasteiger partial charge in [-0.2, -0.15) is 0 Å². The predicted molar refractivity (Wildman–Crippen MR) is 129 cm³/mol. The van der Waals surface area contributed by atoms with Crippen LogP contribution < -0.4 is 4.90 Å². The van der Waals surface area contributed by atoms with Gasteiger partial charge in [0.2, 0.25) is 0 Å². The molecule has 0 bridgehead atoms. The molecular weight excluding hydrogens is 384 g/mol. The van der Waals surface area contributed by atoms with E-state index >= 15 is 0 Å². The van der Waals surface area contributed by atoms with E-state index in [2.05, 4.69) is 72.5 Å². The first kappa shape index (κ1) is 22.3. The Morgan fingerprint density at radius 2 is 1.74 bits per heavy atom. The Balaban J connectivity index is 1.40. The summed E-state index contributed by atoms with van der Waals surface area (Å²) in [7, 11) is 0. The summed E-state index contributed by atoms with van der Waals surface area (Å²) in [5.41, 5.74) is 2.03. The number of anilines is 1. The third-order valence-corrected chi connectivity index (χ3v) is 6.92. The number of H-pyrrole nitrogens is 1. The maximum absolute atomic E-state index is 4.98. The number of aromatic nitrogens is 3. The highest BCUT2D eigenvalue weighted by molar-refractivity contribution is 5.54. The molecule has 0 radical (unpaired) electrons. The zero-order valence-electron chi connectivity index (χ0n) is 20.1. The zero-order valence-corrected chi connectivity index (χ0v) is 20.1. The van der Waals surface area contributed by atoms with Crippen molar-refractivity contribution in [1.29, 1.82) is 0 Å². The summed E-state index contributed by atoms with van der Waals surface area (Å²) < 4.78 is 0. The summed E-state index contributed by atoms with van der Waals surface area (Å²) in [6, 6.07) is 7.73. The first-order valence-electron chi connectivity index (χ1n) is 12.1. The molecule has 2 aromatic heterocycles. The number of likely N-dealkylation sites (tertiary alicyclic amines) is 1. The molecule has 0 atom stereocenters. The van der Waals surface area contributed by atoms with Crippen LogP contribution in [0.1, 0.15) is 59.6 Å². The van der Waals surface area contributed by atoms with Gasteiger partial charge < -0.3 is 14.8 Å². The number of nitrogens with zero attached hydrogens (tertiary/aromatic N) is 5. The lowest BCUT2D eigenvalue weighted by atomic mass is 9.93. The Morgan fingerprint density at radius 3 is 2.42 bits per heavy atom. The second-order valence-electron chi connectivity index (χ2n) is 10.5. The van der Waals surface area contributed by atoms with Gasteiger partial charge in [-0.1, -0.05) is 26.8 Å². The largest absolute Gasteiger partial charge is 0.355 e. The molecule has 2 aromatic rings. The van der Waals surface area contributed by atoms with Crippen LogP contribution in [0, 0.1) is 0 Å². The lowest BCUT2D eigenvalue weighted by Gasteiger charge is -2.39. The lowest BCUT2D eigenvalue weighted by Crippen LogP contribution is -2.47. The van der Waals surface area contributed by atoms with E-state index in [4.69, 9.17) is 9.97 Å². The van der Waals surface area contributed by atoms with Crippen LogP contribution in [0.5, 0.6) is 0 Å². The Kier molecular flexibility index (Phi) is 6.68. The molecule has 0 saturated carbocycles. The monoisotopic (exact) mass is 424 g/mol. The van der Waals surface area contributed by atoms with Gasteiger partial charge in [-0.15, -0.1) is 0 Å². The second kappa shape index (κ2) is 9.29. The topological polar surface area (TPSA) is 51.3 Å². The van der Waals surface area contributed by atoms with Crippen molar-refractivity contribution >= 4 is 5.82 Å². The molecule has 0 unspecified atom stereocenters. The maximum atomic E-state index is 4.98. The van der Waals surface area contributed by atoms with Gasteiger partial charge in [-0.25, -0.2) is 9.97 Å². The molecule has 2 saturated heterocycles. The molecule has 2 fully saturated rings. The van der Waals surface area contributed by atoms with Gasteiger partial charge >= 0.3 is 0 Å². The molecule has 31 heavy (non-hydrogen) atoms. The lowest BCUT2D eigenvalue weighted by molar-refractivity contribution is 0.0965. The third-order valence-electron chi connectivity index (χ3n) is 6.92. The Hall–Kier alpha value is -1.92.